The van der Waals surface area contributed by atoms with Gasteiger partial charge in [0.15, 0.2) is 0 Å². The number of hydrogen-bond acceptors (Lipinski definition) is 1. The van der Waals surface area contributed by atoms with Crippen LogP contribution in [0, 0.1) is 11.6 Å². The molecule has 2 rings (SSSR count). The minimum atomic E-state index is -0.592. The first-order valence-corrected chi connectivity index (χ1v) is 5.88. The Hall–Kier alpha value is -1.45. The monoisotopic (exact) mass is 267 g/mol. The van der Waals surface area contributed by atoms with Crippen LogP contribution in [0.3, 0.4) is 0 Å². The zero-order valence-corrected chi connectivity index (χ0v) is 10.5. The van der Waals surface area contributed by atoms with Crippen LogP contribution in [0.2, 0.25) is 5.02 Å². The summed E-state index contributed by atoms with van der Waals surface area (Å²) in [6.07, 6.45) is 0. The SMILES string of the molecule is CNC(c1ccc(F)cc1F)c1ccccc1Cl. The van der Waals surface area contributed by atoms with Gasteiger partial charge in [-0.15, -0.1) is 0 Å². The van der Waals surface area contributed by atoms with Crippen molar-refractivity contribution in [3.8, 4) is 0 Å². The summed E-state index contributed by atoms with van der Waals surface area (Å²) in [5.41, 5.74) is 1.12. The zero-order chi connectivity index (χ0) is 13.1. The summed E-state index contributed by atoms with van der Waals surface area (Å²) in [7, 11) is 1.71. The molecule has 0 amide bonds. The normalized spacial score (nSPS) is 12.4. The Morgan fingerprint density at radius 1 is 1.06 bits per heavy atom. The van der Waals surface area contributed by atoms with E-state index in [4.69, 9.17) is 11.6 Å². The van der Waals surface area contributed by atoms with Crippen LogP contribution >= 0.6 is 11.6 Å². The maximum Gasteiger partial charge on any atom is 0.131 e. The first-order chi connectivity index (χ1) is 8.63. The lowest BCUT2D eigenvalue weighted by molar-refractivity contribution is 0.552. The van der Waals surface area contributed by atoms with E-state index >= 15 is 0 Å². The lowest BCUT2D eigenvalue weighted by Crippen LogP contribution is -2.19. The minimum absolute atomic E-state index is 0.368. The van der Waals surface area contributed by atoms with E-state index in [1.165, 1.54) is 12.1 Å². The molecule has 2 aromatic rings. The van der Waals surface area contributed by atoms with Crippen molar-refractivity contribution in [1.29, 1.82) is 0 Å². The van der Waals surface area contributed by atoms with Gasteiger partial charge in [-0.25, -0.2) is 8.78 Å². The molecule has 1 nitrogen and oxygen atoms in total. The van der Waals surface area contributed by atoms with Crippen molar-refractivity contribution in [3.05, 3.63) is 70.2 Å². The number of benzene rings is 2. The number of nitrogens with one attached hydrogen (secondary N) is 1. The van der Waals surface area contributed by atoms with E-state index in [9.17, 15) is 8.78 Å². The van der Waals surface area contributed by atoms with Crippen molar-refractivity contribution in [2.24, 2.45) is 0 Å². The molecule has 0 aliphatic rings. The molecule has 0 radical (unpaired) electrons. The molecule has 1 N–H and O–H groups in total. The highest BCUT2D eigenvalue weighted by atomic mass is 35.5. The lowest BCUT2D eigenvalue weighted by Gasteiger charge is -2.19. The third kappa shape index (κ3) is 2.52. The standard InChI is InChI=1S/C14H12ClF2N/c1-18-14(10-4-2-3-5-12(10)15)11-7-6-9(16)8-13(11)17/h2-8,14,18H,1H3. The molecule has 0 aliphatic carbocycles. The number of rotatable bonds is 3. The third-order valence-electron chi connectivity index (χ3n) is 2.78. The van der Waals surface area contributed by atoms with Crippen LogP contribution in [0.4, 0.5) is 8.78 Å². The lowest BCUT2D eigenvalue weighted by atomic mass is 9.98. The average molecular weight is 268 g/mol. The average Bonchev–Trinajstić information content (AvgIpc) is 2.34. The Bertz CT molecular complexity index is 557. The van der Waals surface area contributed by atoms with Gasteiger partial charge in [-0.1, -0.05) is 35.9 Å². The maximum absolute atomic E-state index is 13.8. The highest BCUT2D eigenvalue weighted by Crippen LogP contribution is 2.29. The summed E-state index contributed by atoms with van der Waals surface area (Å²) in [5.74, 6) is -1.18. The fourth-order valence-electron chi connectivity index (χ4n) is 1.92. The van der Waals surface area contributed by atoms with E-state index in [0.29, 0.717) is 10.6 Å². The zero-order valence-electron chi connectivity index (χ0n) is 9.75. The van der Waals surface area contributed by atoms with E-state index in [-0.39, 0.29) is 0 Å². The highest BCUT2D eigenvalue weighted by Gasteiger charge is 2.18. The summed E-state index contributed by atoms with van der Waals surface area (Å²) in [5, 5.41) is 3.53. The van der Waals surface area contributed by atoms with E-state index in [1.807, 2.05) is 12.1 Å². The molecule has 0 aliphatic heterocycles. The van der Waals surface area contributed by atoms with Gasteiger partial charge in [0.2, 0.25) is 0 Å². The van der Waals surface area contributed by atoms with Crippen LogP contribution in [-0.2, 0) is 0 Å². The van der Waals surface area contributed by atoms with Gasteiger partial charge in [-0.3, -0.25) is 0 Å². The molecule has 0 heterocycles. The fourth-order valence-corrected chi connectivity index (χ4v) is 2.17. The largest absolute Gasteiger partial charge is 0.309 e. The molecule has 94 valence electrons. The van der Waals surface area contributed by atoms with Crippen molar-refractivity contribution in [1.82, 2.24) is 5.32 Å². The fraction of sp³-hybridized carbons (Fsp3) is 0.143. The second kappa shape index (κ2) is 5.46. The second-order valence-electron chi connectivity index (χ2n) is 3.91. The van der Waals surface area contributed by atoms with Gasteiger partial charge in [-0.2, -0.15) is 0 Å². The predicted octanol–water partition coefficient (Wildman–Crippen LogP) is 3.93. The summed E-state index contributed by atoms with van der Waals surface area (Å²) < 4.78 is 26.7. The predicted molar refractivity (Wildman–Crippen MR) is 68.7 cm³/mol. The van der Waals surface area contributed by atoms with Crippen molar-refractivity contribution in [3.63, 3.8) is 0 Å². The van der Waals surface area contributed by atoms with Gasteiger partial charge in [0, 0.05) is 16.7 Å². The van der Waals surface area contributed by atoms with Gasteiger partial charge in [0.25, 0.3) is 0 Å². The van der Waals surface area contributed by atoms with Crippen molar-refractivity contribution in [2.75, 3.05) is 7.05 Å². The van der Waals surface area contributed by atoms with Gasteiger partial charge in [0.1, 0.15) is 11.6 Å². The van der Waals surface area contributed by atoms with Crippen LogP contribution in [-0.4, -0.2) is 7.05 Å². The number of halogens is 3. The molecule has 2 aromatic carbocycles. The van der Waals surface area contributed by atoms with Gasteiger partial charge in [0.05, 0.1) is 6.04 Å². The highest BCUT2D eigenvalue weighted by molar-refractivity contribution is 6.31. The Kier molecular flexibility index (Phi) is 3.94. The topological polar surface area (TPSA) is 12.0 Å². The third-order valence-corrected chi connectivity index (χ3v) is 3.12. The molecule has 1 atom stereocenters. The minimum Gasteiger partial charge on any atom is -0.309 e. The Morgan fingerprint density at radius 3 is 2.39 bits per heavy atom. The molecule has 0 fully saturated rings. The Balaban J connectivity index is 2.49. The van der Waals surface area contributed by atoms with E-state index < -0.39 is 17.7 Å². The van der Waals surface area contributed by atoms with E-state index in [0.717, 1.165) is 11.6 Å². The van der Waals surface area contributed by atoms with Crippen LogP contribution in [0.15, 0.2) is 42.5 Å². The first-order valence-electron chi connectivity index (χ1n) is 5.50. The second-order valence-corrected chi connectivity index (χ2v) is 4.32. The van der Waals surface area contributed by atoms with Crippen molar-refractivity contribution in [2.45, 2.75) is 6.04 Å². The molecule has 1 unspecified atom stereocenters. The van der Waals surface area contributed by atoms with Gasteiger partial charge < -0.3 is 5.32 Å². The van der Waals surface area contributed by atoms with Crippen LogP contribution < -0.4 is 5.32 Å². The smallest absolute Gasteiger partial charge is 0.131 e. The molecular formula is C14H12ClF2N. The maximum atomic E-state index is 13.8. The Labute approximate surface area is 109 Å². The number of hydrogen-bond donors (Lipinski definition) is 1. The van der Waals surface area contributed by atoms with E-state index in [2.05, 4.69) is 5.32 Å². The summed E-state index contributed by atoms with van der Waals surface area (Å²) in [6.45, 7) is 0. The molecule has 0 aromatic heterocycles. The molecule has 0 saturated carbocycles. The van der Waals surface area contributed by atoms with Crippen molar-refractivity contribution < 1.29 is 8.78 Å². The molecule has 18 heavy (non-hydrogen) atoms. The molecule has 0 bridgehead atoms. The van der Waals surface area contributed by atoms with E-state index in [1.54, 1.807) is 19.2 Å². The van der Waals surface area contributed by atoms with Gasteiger partial charge >= 0.3 is 0 Å². The molecule has 0 spiro atoms. The molecular weight excluding hydrogens is 256 g/mol. The Morgan fingerprint density at radius 2 is 1.78 bits per heavy atom. The van der Waals surface area contributed by atoms with Gasteiger partial charge in [-0.05, 0) is 24.7 Å². The molecule has 4 heteroatoms. The van der Waals surface area contributed by atoms with Crippen LogP contribution in [0.1, 0.15) is 17.2 Å². The van der Waals surface area contributed by atoms with Crippen molar-refractivity contribution >= 4 is 11.6 Å². The summed E-state index contributed by atoms with van der Waals surface area (Å²) in [6, 6.07) is 10.3. The van der Waals surface area contributed by atoms with Crippen LogP contribution in [0.25, 0.3) is 0 Å². The quantitative estimate of drug-likeness (QED) is 0.889. The van der Waals surface area contributed by atoms with Crippen LogP contribution in [0.5, 0.6) is 0 Å². The summed E-state index contributed by atoms with van der Waals surface area (Å²) >= 11 is 6.09. The summed E-state index contributed by atoms with van der Waals surface area (Å²) in [4.78, 5) is 0. The molecule has 0 saturated heterocycles. The first kappa shape index (κ1) is 13.0.